The Labute approximate surface area is 680 Å². The molecule has 0 saturated carbocycles. The summed E-state index contributed by atoms with van der Waals surface area (Å²) in [7, 11) is 9.62. The molecule has 0 atom stereocenters. The van der Waals surface area contributed by atoms with Crippen LogP contribution in [0.2, 0.25) is 0 Å². The number of hydrogen-bond donors (Lipinski definition) is 4. The number of imidazole rings is 4. The van der Waals surface area contributed by atoms with Crippen LogP contribution in [0.5, 0.6) is 34.5 Å². The number of anilines is 4. The number of nitrogens with zero attached hydrogens (tertiary/aromatic N) is 12. The van der Waals surface area contributed by atoms with Gasteiger partial charge in [0.25, 0.3) is 0 Å². The number of benzene rings is 10. The van der Waals surface area contributed by atoms with Crippen molar-refractivity contribution in [3.05, 3.63) is 323 Å². The lowest BCUT2D eigenvalue weighted by Gasteiger charge is -2.13. The van der Waals surface area contributed by atoms with Crippen LogP contribution < -0.4 is 50.1 Å². The van der Waals surface area contributed by atoms with Crippen LogP contribution in [-0.4, -0.2) is 106 Å². The van der Waals surface area contributed by atoms with E-state index in [0.29, 0.717) is 128 Å². The summed E-state index contributed by atoms with van der Waals surface area (Å²) in [4.78, 5) is 47.5. The Morgan fingerprint density at radius 1 is 0.345 bits per heavy atom. The van der Waals surface area contributed by atoms with Crippen molar-refractivity contribution in [1.29, 1.82) is 0 Å². The number of carbonyl (C=O) groups is 1. The molecule has 0 saturated heterocycles. The summed E-state index contributed by atoms with van der Waals surface area (Å²) in [5, 5.41) is 12.4. The fraction of sp³-hybridized carbons (Fsp3) is 0.141. The molecule has 18 aromatic rings. The highest BCUT2D eigenvalue weighted by molar-refractivity contribution is 5.96. The number of nitrogens with two attached hydrogens (primary N) is 1. The average Bonchev–Trinajstić information content (AvgIpc) is 1.11. The second-order valence-electron chi connectivity index (χ2n) is 27.3. The molecule has 0 spiro atoms. The summed E-state index contributed by atoms with van der Waals surface area (Å²) in [6.45, 7) is 1.22. The minimum atomic E-state index is -0.458. The first-order valence-electron chi connectivity index (χ1n) is 37.9. The molecule has 10 aromatic carbocycles. The van der Waals surface area contributed by atoms with E-state index in [2.05, 4.69) is 70.1 Å². The van der Waals surface area contributed by atoms with Crippen molar-refractivity contribution >= 4 is 108 Å². The van der Waals surface area contributed by atoms with Crippen LogP contribution in [0.1, 0.15) is 61.0 Å². The second kappa shape index (κ2) is 36.1. The topological polar surface area (TPSA) is 255 Å². The largest absolute Gasteiger partial charge is 0.497 e. The molecule has 0 fully saturated rings. The lowest BCUT2D eigenvalue weighted by molar-refractivity contribution is 0.111. The second-order valence-corrected chi connectivity index (χ2v) is 27.3. The van der Waals surface area contributed by atoms with Crippen LogP contribution in [0.15, 0.2) is 243 Å². The molecule has 0 aliphatic rings. The van der Waals surface area contributed by atoms with E-state index in [4.69, 9.17) is 44.1 Å². The number of rotatable bonds is 24. The Kier molecular flexibility index (Phi) is 24.0. The van der Waals surface area contributed by atoms with Crippen molar-refractivity contribution < 1.29 is 50.8 Å². The fourth-order valence-electron chi connectivity index (χ4n) is 13.8. The van der Waals surface area contributed by atoms with Crippen LogP contribution in [0, 0.1) is 23.3 Å². The number of hydrogen-bond acceptors (Lipinski definition) is 19. The molecule has 23 nitrogen and oxygen atoms in total. The van der Waals surface area contributed by atoms with Gasteiger partial charge in [0.1, 0.15) is 108 Å². The van der Waals surface area contributed by atoms with Gasteiger partial charge in [-0.25, -0.2) is 57.4 Å². The van der Waals surface area contributed by atoms with E-state index < -0.39 is 11.6 Å². The van der Waals surface area contributed by atoms with Gasteiger partial charge in [0.15, 0.2) is 6.29 Å². The van der Waals surface area contributed by atoms with Gasteiger partial charge in [-0.15, -0.1) is 0 Å². The summed E-state index contributed by atoms with van der Waals surface area (Å²) in [5.74, 6) is 4.14. The third-order valence-corrected chi connectivity index (χ3v) is 19.9. The zero-order chi connectivity index (χ0) is 82.5. The SMILES string of the molecule is COc1ccc(CNc2nc3c(F)cccc3c3nc(/C=C/c4ccccc4)cn23)c(OC)c1.COc1ccc(CNc2nc3c(F)cccc3c3nc(C=O)cn23)c(OC)c1.COc1ccc(CNc2nc3c(F)cccc3c3nc(CCc4ccccc4)cn23)c(OC)c1.Nc1nc2c(F)cccc2c2nc(CCc3ccccc3)cn12. The van der Waals surface area contributed by atoms with Gasteiger partial charge in [0, 0.05) is 101 Å². The lowest BCUT2D eigenvalue weighted by Crippen LogP contribution is -2.08. The number of aromatic nitrogens is 12. The molecule has 598 valence electrons. The number of aldehydes is 1. The molecule has 119 heavy (non-hydrogen) atoms. The molecule has 0 bridgehead atoms. The van der Waals surface area contributed by atoms with Crippen LogP contribution >= 0.6 is 0 Å². The zero-order valence-corrected chi connectivity index (χ0v) is 65.6. The molecule has 0 amide bonds. The van der Waals surface area contributed by atoms with E-state index in [-0.39, 0.29) is 39.8 Å². The van der Waals surface area contributed by atoms with E-state index in [0.717, 1.165) is 65.0 Å². The van der Waals surface area contributed by atoms with Gasteiger partial charge in [-0.05, 0) is 133 Å². The van der Waals surface area contributed by atoms with Crippen LogP contribution in [-0.2, 0) is 45.3 Å². The standard InChI is InChI=1S/C27H25FN4O2.C27H23FN4O2.C20H17FN4O3.C18H15FN4/c2*1-33-21-14-12-19(24(15-21)34-2)16-29-27-31-25-22(9-6-10-23(25)28)26-30-20(17-32(26)27)13-11-18-7-4-3-5-8-18;1-27-14-7-6-12(17(8-14)28-2)9-22-20-24-18-15(4-3-5-16(18)21)19-23-13(11-26)10-25(19)20;19-15-8-4-7-14-16(15)22-18(20)23-11-13(21-17(14)23)10-9-12-5-2-1-3-6-12/h3-10,12,14-15,17H,11,13,16H2,1-2H3,(H,29,31);3-15,17H,16H2,1-2H3,(H,29,31);3-8,10-11H,9H2,1-2H3,(H,22,24);1-8,11H,9-10H2,(H2,20,22)/b;13-11+;;. The van der Waals surface area contributed by atoms with Crippen molar-refractivity contribution in [1.82, 2.24) is 57.5 Å². The Morgan fingerprint density at radius 3 is 1.08 bits per heavy atom. The van der Waals surface area contributed by atoms with E-state index in [1.165, 1.54) is 35.4 Å². The summed E-state index contributed by atoms with van der Waals surface area (Å²) in [6.07, 6.45) is 15.2. The van der Waals surface area contributed by atoms with Crippen LogP contribution in [0.3, 0.4) is 0 Å². The molecule has 0 aliphatic carbocycles. The predicted octanol–water partition coefficient (Wildman–Crippen LogP) is 18.1. The maximum absolute atomic E-state index is 14.7. The summed E-state index contributed by atoms with van der Waals surface area (Å²) in [5.41, 5.74) is 18.5. The Balaban J connectivity index is 0.000000125. The summed E-state index contributed by atoms with van der Waals surface area (Å²) < 4.78 is 96.9. The number of ether oxygens (including phenoxy) is 6. The van der Waals surface area contributed by atoms with Crippen molar-refractivity contribution in [2.45, 2.75) is 45.3 Å². The number of halogens is 4. The lowest BCUT2D eigenvalue weighted by atomic mass is 10.1. The van der Waals surface area contributed by atoms with Gasteiger partial charge in [-0.1, -0.05) is 121 Å². The Bertz CT molecular complexity index is 6730. The number of aryl methyl sites for hydroxylation is 4. The maximum atomic E-state index is 14.7. The molecular formula is C92H80F4N16O7. The monoisotopic (exact) mass is 1600 g/mol. The molecule has 8 heterocycles. The number of para-hydroxylation sites is 4. The highest BCUT2D eigenvalue weighted by Crippen LogP contribution is 2.34. The van der Waals surface area contributed by atoms with Gasteiger partial charge in [0.2, 0.25) is 23.8 Å². The number of fused-ring (bicyclic) bond motifs is 12. The fourth-order valence-corrected chi connectivity index (χ4v) is 13.8. The molecule has 0 radical (unpaired) electrons. The molecule has 8 aromatic heterocycles. The molecule has 27 heteroatoms. The van der Waals surface area contributed by atoms with Crippen LogP contribution in [0.25, 0.3) is 78.4 Å². The number of methoxy groups -OCH3 is 6. The van der Waals surface area contributed by atoms with Gasteiger partial charge in [-0.2, -0.15) is 0 Å². The van der Waals surface area contributed by atoms with Gasteiger partial charge >= 0.3 is 0 Å². The van der Waals surface area contributed by atoms with E-state index in [1.807, 2.05) is 173 Å². The van der Waals surface area contributed by atoms with Gasteiger partial charge in [0.05, 0.1) is 59.7 Å². The normalized spacial score (nSPS) is 11.2. The van der Waals surface area contributed by atoms with Crippen molar-refractivity contribution in [2.75, 3.05) is 64.3 Å². The minimum absolute atomic E-state index is 0.183. The van der Waals surface area contributed by atoms with E-state index >= 15 is 0 Å². The number of carbonyl (C=O) groups excluding carboxylic acids is 1. The smallest absolute Gasteiger partial charge is 0.209 e. The predicted molar refractivity (Wildman–Crippen MR) is 455 cm³/mol. The van der Waals surface area contributed by atoms with Gasteiger partial charge < -0.3 is 50.1 Å². The molecular weight excluding hydrogens is 1520 g/mol. The van der Waals surface area contributed by atoms with E-state index in [1.54, 1.807) is 94.1 Å². The Morgan fingerprint density at radius 2 is 0.689 bits per heavy atom. The molecule has 5 N–H and O–H groups in total. The summed E-state index contributed by atoms with van der Waals surface area (Å²) in [6, 6.07) is 66.6. The van der Waals surface area contributed by atoms with Crippen LogP contribution in [0.4, 0.5) is 41.4 Å². The first-order chi connectivity index (χ1) is 58.2. The quantitative estimate of drug-likeness (QED) is 0.0324. The summed E-state index contributed by atoms with van der Waals surface area (Å²) >= 11 is 0. The third-order valence-electron chi connectivity index (χ3n) is 19.9. The van der Waals surface area contributed by atoms with Crippen molar-refractivity contribution in [2.24, 2.45) is 0 Å². The number of nitrogens with one attached hydrogen (secondary N) is 3. The zero-order valence-electron chi connectivity index (χ0n) is 65.6. The average molecular weight is 1600 g/mol. The molecule has 0 aliphatic heterocycles. The van der Waals surface area contributed by atoms with Gasteiger partial charge in [-0.3, -0.25) is 22.4 Å². The molecule has 0 unspecified atom stereocenters. The first-order valence-corrected chi connectivity index (χ1v) is 37.9. The minimum Gasteiger partial charge on any atom is -0.497 e. The highest BCUT2D eigenvalue weighted by atomic mass is 19.1. The van der Waals surface area contributed by atoms with E-state index in [9.17, 15) is 22.4 Å². The van der Waals surface area contributed by atoms with Crippen molar-refractivity contribution in [3.8, 4) is 34.5 Å². The maximum Gasteiger partial charge on any atom is 0.209 e. The molecule has 18 rings (SSSR count). The highest BCUT2D eigenvalue weighted by Gasteiger charge is 2.21. The van der Waals surface area contributed by atoms with Crippen molar-refractivity contribution in [3.63, 3.8) is 0 Å². The number of nitrogen functional groups attached to an aromatic ring is 1. The third kappa shape index (κ3) is 17.6. The Hall–Kier alpha value is -15.2. The first kappa shape index (κ1) is 79.1.